The highest BCUT2D eigenvalue weighted by Crippen LogP contribution is 2.29. The predicted molar refractivity (Wildman–Crippen MR) is 86.7 cm³/mol. The van der Waals surface area contributed by atoms with Gasteiger partial charge in [0.05, 0.1) is 0 Å². The first-order valence-electron chi connectivity index (χ1n) is 6.57. The van der Waals surface area contributed by atoms with Gasteiger partial charge >= 0.3 is 0 Å². The summed E-state index contributed by atoms with van der Waals surface area (Å²) in [4.78, 5) is 9.09. The molecular formula is C15H18ClN3S. The molecule has 0 amide bonds. The van der Waals surface area contributed by atoms with Crippen molar-refractivity contribution < 1.29 is 0 Å². The molecule has 0 aliphatic heterocycles. The number of nitrogens with zero attached hydrogens (tertiary/aromatic N) is 2. The van der Waals surface area contributed by atoms with E-state index >= 15 is 0 Å². The van der Waals surface area contributed by atoms with Crippen LogP contribution in [0.1, 0.15) is 23.9 Å². The van der Waals surface area contributed by atoms with E-state index in [9.17, 15) is 0 Å². The summed E-state index contributed by atoms with van der Waals surface area (Å²) in [5.41, 5.74) is 2.21. The Morgan fingerprint density at radius 2 is 2.00 bits per heavy atom. The van der Waals surface area contributed by atoms with Crippen molar-refractivity contribution in [1.29, 1.82) is 0 Å². The third-order valence-corrected chi connectivity index (χ3v) is 4.52. The van der Waals surface area contributed by atoms with Crippen LogP contribution in [0.15, 0.2) is 29.3 Å². The fraction of sp³-hybridized carbons (Fsp3) is 0.333. The second kappa shape index (κ2) is 6.95. The Bertz CT molecular complexity index is 602. The van der Waals surface area contributed by atoms with Gasteiger partial charge in [-0.05, 0) is 18.6 Å². The maximum absolute atomic E-state index is 6.19. The summed E-state index contributed by atoms with van der Waals surface area (Å²) in [6.45, 7) is 4.10. The largest absolute Gasteiger partial charge is 0.373 e. The summed E-state index contributed by atoms with van der Waals surface area (Å²) < 4.78 is 0. The molecule has 5 heteroatoms. The molecule has 0 fully saturated rings. The smallest absolute Gasteiger partial charge is 0.133 e. The number of thioether (sulfide) groups is 1. The Morgan fingerprint density at radius 3 is 2.65 bits per heavy atom. The molecule has 20 heavy (non-hydrogen) atoms. The van der Waals surface area contributed by atoms with Crippen molar-refractivity contribution in [3.63, 3.8) is 0 Å². The second-order valence-corrected chi connectivity index (χ2v) is 5.77. The first-order valence-corrected chi connectivity index (χ1v) is 7.93. The highest BCUT2D eigenvalue weighted by Gasteiger charge is 2.10. The molecule has 1 aromatic heterocycles. The Kier molecular flexibility index (Phi) is 5.26. The second-order valence-electron chi connectivity index (χ2n) is 4.40. The van der Waals surface area contributed by atoms with E-state index in [2.05, 4.69) is 22.2 Å². The molecule has 0 unspecified atom stereocenters. The highest BCUT2D eigenvalue weighted by molar-refractivity contribution is 7.98. The van der Waals surface area contributed by atoms with Gasteiger partial charge in [0, 0.05) is 29.8 Å². The van der Waals surface area contributed by atoms with Crippen molar-refractivity contribution in [2.75, 3.05) is 12.4 Å². The van der Waals surface area contributed by atoms with E-state index in [0.29, 0.717) is 0 Å². The number of hydrogen-bond acceptors (Lipinski definition) is 4. The van der Waals surface area contributed by atoms with Crippen LogP contribution >= 0.6 is 23.4 Å². The minimum Gasteiger partial charge on any atom is -0.373 e. The molecule has 0 saturated carbocycles. The zero-order valence-electron chi connectivity index (χ0n) is 11.9. The van der Waals surface area contributed by atoms with Crippen LogP contribution in [0.5, 0.6) is 0 Å². The maximum atomic E-state index is 6.19. The van der Waals surface area contributed by atoms with E-state index in [0.717, 1.165) is 45.0 Å². The summed E-state index contributed by atoms with van der Waals surface area (Å²) >= 11 is 7.89. The van der Waals surface area contributed by atoms with E-state index in [1.807, 2.05) is 38.2 Å². The van der Waals surface area contributed by atoms with E-state index in [1.54, 1.807) is 11.8 Å². The molecule has 2 rings (SSSR count). The molecule has 0 bridgehead atoms. The molecule has 1 aromatic carbocycles. The lowest BCUT2D eigenvalue weighted by atomic mass is 10.2. The van der Waals surface area contributed by atoms with Crippen LogP contribution in [0.2, 0.25) is 5.02 Å². The fourth-order valence-corrected chi connectivity index (χ4v) is 3.15. The zero-order valence-corrected chi connectivity index (χ0v) is 13.5. The molecule has 0 saturated heterocycles. The van der Waals surface area contributed by atoms with Gasteiger partial charge in [-0.3, -0.25) is 0 Å². The normalized spacial score (nSPS) is 10.6. The summed E-state index contributed by atoms with van der Waals surface area (Å²) in [6, 6.07) is 7.91. The molecule has 0 aliphatic rings. The number of benzene rings is 1. The summed E-state index contributed by atoms with van der Waals surface area (Å²) in [5.74, 6) is 2.57. The third kappa shape index (κ3) is 3.44. The molecular weight excluding hydrogens is 290 g/mol. The van der Waals surface area contributed by atoms with E-state index in [4.69, 9.17) is 11.6 Å². The Morgan fingerprint density at radius 1 is 1.25 bits per heavy atom. The number of aryl methyl sites for hydroxylation is 1. The van der Waals surface area contributed by atoms with Crippen molar-refractivity contribution in [2.45, 2.75) is 31.0 Å². The van der Waals surface area contributed by atoms with Crippen LogP contribution in [0.3, 0.4) is 0 Å². The molecule has 0 atom stereocenters. The molecule has 1 heterocycles. The molecule has 2 aromatic rings. The predicted octanol–water partition coefficient (Wildman–Crippen LogP) is 4.33. The number of halogens is 1. The molecule has 0 spiro atoms. The maximum Gasteiger partial charge on any atom is 0.133 e. The number of nitrogens with one attached hydrogen (secondary N) is 1. The SMILES string of the molecule is CCc1nc(NC)c(C)c(SCc2ccccc2Cl)n1. The quantitative estimate of drug-likeness (QED) is 0.659. The van der Waals surface area contributed by atoms with Crippen LogP contribution in [-0.4, -0.2) is 17.0 Å². The lowest BCUT2D eigenvalue weighted by molar-refractivity contribution is 0.874. The monoisotopic (exact) mass is 307 g/mol. The zero-order chi connectivity index (χ0) is 14.5. The number of rotatable bonds is 5. The van der Waals surface area contributed by atoms with Gasteiger partial charge in [-0.2, -0.15) is 0 Å². The van der Waals surface area contributed by atoms with Gasteiger partial charge in [0.1, 0.15) is 16.7 Å². The van der Waals surface area contributed by atoms with E-state index in [1.165, 1.54) is 0 Å². The van der Waals surface area contributed by atoms with Crippen LogP contribution in [0.4, 0.5) is 5.82 Å². The number of aromatic nitrogens is 2. The van der Waals surface area contributed by atoms with Crippen LogP contribution in [0.25, 0.3) is 0 Å². The minimum atomic E-state index is 0.802. The molecule has 106 valence electrons. The van der Waals surface area contributed by atoms with Gasteiger partial charge in [0.25, 0.3) is 0 Å². The van der Waals surface area contributed by atoms with Crippen molar-refractivity contribution in [2.24, 2.45) is 0 Å². The van der Waals surface area contributed by atoms with Gasteiger partial charge in [-0.1, -0.05) is 36.7 Å². The van der Waals surface area contributed by atoms with Crippen LogP contribution in [-0.2, 0) is 12.2 Å². The molecule has 1 N–H and O–H groups in total. The minimum absolute atomic E-state index is 0.802. The van der Waals surface area contributed by atoms with Crippen LogP contribution in [0, 0.1) is 6.92 Å². The van der Waals surface area contributed by atoms with Crippen molar-refractivity contribution in [3.05, 3.63) is 46.2 Å². The van der Waals surface area contributed by atoms with Gasteiger partial charge < -0.3 is 5.32 Å². The first-order chi connectivity index (χ1) is 9.65. The summed E-state index contributed by atoms with van der Waals surface area (Å²) in [7, 11) is 1.89. The highest BCUT2D eigenvalue weighted by atomic mass is 35.5. The van der Waals surface area contributed by atoms with Gasteiger partial charge in [0.15, 0.2) is 0 Å². The Balaban J connectivity index is 2.23. The van der Waals surface area contributed by atoms with Crippen molar-refractivity contribution in [1.82, 2.24) is 9.97 Å². The topological polar surface area (TPSA) is 37.8 Å². The van der Waals surface area contributed by atoms with E-state index in [-0.39, 0.29) is 0 Å². The lowest BCUT2D eigenvalue weighted by Crippen LogP contribution is -2.04. The molecule has 3 nitrogen and oxygen atoms in total. The fourth-order valence-electron chi connectivity index (χ4n) is 1.84. The first kappa shape index (κ1) is 15.1. The van der Waals surface area contributed by atoms with Crippen molar-refractivity contribution >= 4 is 29.2 Å². The Hall–Kier alpha value is -1.26. The van der Waals surface area contributed by atoms with Gasteiger partial charge in [-0.25, -0.2) is 9.97 Å². The van der Waals surface area contributed by atoms with E-state index < -0.39 is 0 Å². The molecule has 0 radical (unpaired) electrons. The van der Waals surface area contributed by atoms with Gasteiger partial charge in [-0.15, -0.1) is 11.8 Å². The standard InChI is InChI=1S/C15H18ClN3S/c1-4-13-18-14(17-3)10(2)15(19-13)20-9-11-7-5-6-8-12(11)16/h5-8H,4,9H2,1-3H3,(H,17,18,19). The lowest BCUT2D eigenvalue weighted by Gasteiger charge is -2.11. The Labute approximate surface area is 129 Å². The summed E-state index contributed by atoms with van der Waals surface area (Å²) in [5, 5.41) is 4.95. The van der Waals surface area contributed by atoms with Crippen LogP contribution < -0.4 is 5.32 Å². The third-order valence-electron chi connectivity index (χ3n) is 3.02. The van der Waals surface area contributed by atoms with Crippen molar-refractivity contribution in [3.8, 4) is 0 Å². The average Bonchev–Trinajstić information content (AvgIpc) is 2.47. The van der Waals surface area contributed by atoms with Gasteiger partial charge in [0.2, 0.25) is 0 Å². The number of anilines is 1. The summed E-state index contributed by atoms with van der Waals surface area (Å²) in [6.07, 6.45) is 0.828. The average molecular weight is 308 g/mol. The molecule has 0 aliphatic carbocycles. The number of hydrogen-bond donors (Lipinski definition) is 1.